The standard InChI is InChI=1S/C23H22N4O5/c1-2-17-20(29)27(16-5-3-4-6-18(16)32-17)12-19(28)24-15-8-7-13-10-23(11-14(13)9-15)21(30)25-22(31)26-23/h3-9,17H,2,10-12H2,1H3,(H,24,28)(H2,25,26,30,31). The summed E-state index contributed by atoms with van der Waals surface area (Å²) in [4.78, 5) is 50.9. The average molecular weight is 434 g/mol. The van der Waals surface area contributed by atoms with Gasteiger partial charge in [0.15, 0.2) is 6.10 Å². The van der Waals surface area contributed by atoms with Gasteiger partial charge in [0.25, 0.3) is 11.8 Å². The summed E-state index contributed by atoms with van der Waals surface area (Å²) in [6, 6.07) is 12.1. The third-order valence-electron chi connectivity index (χ3n) is 6.13. The number of amides is 5. The maximum atomic E-state index is 12.8. The van der Waals surface area contributed by atoms with Crippen molar-refractivity contribution < 1.29 is 23.9 Å². The Morgan fingerprint density at radius 2 is 1.94 bits per heavy atom. The van der Waals surface area contributed by atoms with Crippen LogP contribution in [-0.4, -0.2) is 41.9 Å². The number of rotatable bonds is 4. The van der Waals surface area contributed by atoms with Crippen LogP contribution in [0.5, 0.6) is 5.75 Å². The molecule has 3 N–H and O–H groups in total. The molecule has 32 heavy (non-hydrogen) atoms. The maximum Gasteiger partial charge on any atom is 0.322 e. The summed E-state index contributed by atoms with van der Waals surface area (Å²) in [5, 5.41) is 7.85. The molecule has 9 nitrogen and oxygen atoms in total. The van der Waals surface area contributed by atoms with Crippen molar-refractivity contribution in [2.24, 2.45) is 0 Å². The van der Waals surface area contributed by atoms with Crippen LogP contribution in [0, 0.1) is 0 Å². The van der Waals surface area contributed by atoms with Crippen LogP contribution in [0.15, 0.2) is 42.5 Å². The van der Waals surface area contributed by atoms with Crippen LogP contribution in [0.3, 0.4) is 0 Å². The normalized spacial score (nSPS) is 23.3. The fraction of sp³-hybridized carbons (Fsp3) is 0.304. The van der Waals surface area contributed by atoms with Gasteiger partial charge in [0.2, 0.25) is 5.91 Å². The highest BCUT2D eigenvalue weighted by atomic mass is 16.5. The highest BCUT2D eigenvalue weighted by Gasteiger charge is 2.50. The number of ether oxygens (including phenoxy) is 1. The minimum absolute atomic E-state index is 0.144. The second kappa shape index (κ2) is 7.37. The van der Waals surface area contributed by atoms with Crippen LogP contribution in [0.2, 0.25) is 0 Å². The third-order valence-corrected chi connectivity index (χ3v) is 6.13. The van der Waals surface area contributed by atoms with Crippen LogP contribution in [0.25, 0.3) is 0 Å². The molecule has 9 heteroatoms. The number of hydrogen-bond acceptors (Lipinski definition) is 5. The Morgan fingerprint density at radius 3 is 2.69 bits per heavy atom. The molecule has 2 aromatic rings. The molecule has 1 spiro atoms. The van der Waals surface area contributed by atoms with Crippen molar-refractivity contribution in [3.63, 3.8) is 0 Å². The van der Waals surface area contributed by atoms with Gasteiger partial charge in [-0.25, -0.2) is 4.79 Å². The second-order valence-corrected chi connectivity index (χ2v) is 8.28. The average Bonchev–Trinajstić information content (AvgIpc) is 3.26. The second-order valence-electron chi connectivity index (χ2n) is 8.28. The van der Waals surface area contributed by atoms with Crippen LogP contribution < -0.4 is 25.6 Å². The number of nitrogens with one attached hydrogen (secondary N) is 3. The number of nitrogens with zero attached hydrogens (tertiary/aromatic N) is 1. The lowest BCUT2D eigenvalue weighted by atomic mass is 9.96. The number of fused-ring (bicyclic) bond motifs is 2. The van der Waals surface area contributed by atoms with E-state index in [0.717, 1.165) is 11.1 Å². The topological polar surface area (TPSA) is 117 Å². The predicted molar refractivity (Wildman–Crippen MR) is 115 cm³/mol. The molecule has 0 aromatic heterocycles. The molecule has 0 bridgehead atoms. The number of hydrogen-bond donors (Lipinski definition) is 3. The first-order chi connectivity index (χ1) is 15.4. The first-order valence-corrected chi connectivity index (χ1v) is 10.5. The van der Waals surface area contributed by atoms with E-state index >= 15 is 0 Å². The van der Waals surface area contributed by atoms with E-state index in [-0.39, 0.29) is 24.3 Å². The van der Waals surface area contributed by atoms with Gasteiger partial charge >= 0.3 is 6.03 Å². The molecule has 1 aliphatic carbocycles. The molecule has 1 fully saturated rings. The number of benzene rings is 2. The maximum absolute atomic E-state index is 12.8. The van der Waals surface area contributed by atoms with Crippen molar-refractivity contribution in [1.29, 1.82) is 0 Å². The van der Waals surface area contributed by atoms with Crippen LogP contribution >= 0.6 is 0 Å². The quantitative estimate of drug-likeness (QED) is 0.631. The molecular formula is C23H22N4O5. The first-order valence-electron chi connectivity index (χ1n) is 10.5. The molecule has 0 saturated carbocycles. The SMILES string of the molecule is CCC1Oc2ccccc2N(CC(=O)Nc2ccc3c(c2)CC2(C3)NC(=O)NC2=O)C1=O. The van der Waals surface area contributed by atoms with Crippen molar-refractivity contribution >= 4 is 35.1 Å². The smallest absolute Gasteiger partial charge is 0.322 e. The Kier molecular flexibility index (Phi) is 4.61. The largest absolute Gasteiger partial charge is 0.478 e. The van der Waals surface area contributed by atoms with Gasteiger partial charge in [0.05, 0.1) is 5.69 Å². The number of imide groups is 1. The Balaban J connectivity index is 1.31. The van der Waals surface area contributed by atoms with E-state index in [0.29, 0.717) is 36.4 Å². The number of carbonyl (C=O) groups excluding carboxylic acids is 4. The van der Waals surface area contributed by atoms with Gasteiger partial charge in [-0.2, -0.15) is 0 Å². The lowest BCUT2D eigenvalue weighted by Crippen LogP contribution is -2.48. The zero-order chi connectivity index (χ0) is 22.5. The third kappa shape index (κ3) is 3.26. The van der Waals surface area contributed by atoms with E-state index < -0.39 is 17.7 Å². The molecular weight excluding hydrogens is 412 g/mol. The van der Waals surface area contributed by atoms with E-state index in [1.165, 1.54) is 4.90 Å². The summed E-state index contributed by atoms with van der Waals surface area (Å²) in [6.45, 7) is 1.72. The molecule has 2 aliphatic heterocycles. The monoisotopic (exact) mass is 434 g/mol. The number of para-hydroxylation sites is 2. The zero-order valence-electron chi connectivity index (χ0n) is 17.4. The van der Waals surface area contributed by atoms with Gasteiger partial charge < -0.3 is 15.4 Å². The minimum Gasteiger partial charge on any atom is -0.478 e. The molecule has 3 aliphatic rings. The number of carbonyl (C=O) groups is 4. The molecule has 2 unspecified atom stereocenters. The Labute approximate surface area is 184 Å². The number of urea groups is 1. The summed E-state index contributed by atoms with van der Waals surface area (Å²) >= 11 is 0. The van der Waals surface area contributed by atoms with Crippen molar-refractivity contribution in [3.8, 4) is 5.75 Å². The molecule has 2 aromatic carbocycles. The fourth-order valence-electron chi connectivity index (χ4n) is 4.57. The first kappa shape index (κ1) is 20.0. The lowest BCUT2D eigenvalue weighted by molar-refractivity contribution is -0.128. The van der Waals surface area contributed by atoms with Gasteiger partial charge in [-0.1, -0.05) is 25.1 Å². The van der Waals surface area contributed by atoms with E-state index in [4.69, 9.17) is 4.74 Å². The Bertz CT molecular complexity index is 1160. The molecule has 164 valence electrons. The minimum atomic E-state index is -0.957. The Hall–Kier alpha value is -3.88. The molecule has 2 atom stereocenters. The molecule has 5 amide bonds. The summed E-state index contributed by atoms with van der Waals surface area (Å²) in [5.41, 5.74) is 2.01. The Morgan fingerprint density at radius 1 is 1.16 bits per heavy atom. The molecule has 0 radical (unpaired) electrons. The van der Waals surface area contributed by atoms with Crippen LogP contribution in [-0.2, 0) is 27.2 Å². The van der Waals surface area contributed by atoms with Crippen LogP contribution in [0.1, 0.15) is 24.5 Å². The van der Waals surface area contributed by atoms with Gasteiger partial charge in [-0.3, -0.25) is 24.6 Å². The number of anilines is 2. The van der Waals surface area contributed by atoms with Gasteiger partial charge in [-0.05, 0) is 41.8 Å². The van der Waals surface area contributed by atoms with Crippen molar-refractivity contribution in [2.45, 2.75) is 37.8 Å². The summed E-state index contributed by atoms with van der Waals surface area (Å²) < 4.78 is 5.75. The van der Waals surface area contributed by atoms with E-state index in [9.17, 15) is 19.2 Å². The van der Waals surface area contributed by atoms with E-state index in [1.54, 1.807) is 24.3 Å². The highest BCUT2D eigenvalue weighted by Crippen LogP contribution is 2.35. The highest BCUT2D eigenvalue weighted by molar-refractivity contribution is 6.08. The molecule has 5 rings (SSSR count). The van der Waals surface area contributed by atoms with Gasteiger partial charge in [0.1, 0.15) is 17.8 Å². The van der Waals surface area contributed by atoms with E-state index in [2.05, 4.69) is 16.0 Å². The van der Waals surface area contributed by atoms with E-state index in [1.807, 2.05) is 25.1 Å². The fourth-order valence-corrected chi connectivity index (χ4v) is 4.57. The van der Waals surface area contributed by atoms with Gasteiger partial charge in [-0.15, -0.1) is 0 Å². The zero-order valence-corrected chi connectivity index (χ0v) is 17.4. The summed E-state index contributed by atoms with van der Waals surface area (Å²) in [5.74, 6) is -0.351. The molecule has 1 saturated heterocycles. The van der Waals surface area contributed by atoms with Crippen LogP contribution in [0.4, 0.5) is 16.2 Å². The molecule has 2 heterocycles. The van der Waals surface area contributed by atoms with Crippen molar-refractivity contribution in [1.82, 2.24) is 10.6 Å². The summed E-state index contributed by atoms with van der Waals surface area (Å²) in [6.07, 6.45) is 0.645. The van der Waals surface area contributed by atoms with Gasteiger partial charge in [0, 0.05) is 18.5 Å². The lowest BCUT2D eigenvalue weighted by Gasteiger charge is -2.33. The predicted octanol–water partition coefficient (Wildman–Crippen LogP) is 1.51. The van der Waals surface area contributed by atoms with Crippen molar-refractivity contribution in [3.05, 3.63) is 53.6 Å². The summed E-state index contributed by atoms with van der Waals surface area (Å²) in [7, 11) is 0. The van der Waals surface area contributed by atoms with Crippen molar-refractivity contribution in [2.75, 3.05) is 16.8 Å².